The molecule has 2 saturated carbocycles. The SMILES string of the molecule is CC(=O)N[C@@H](Cc1ccc(F)c(-c2ccco2)c1)[C@H](O)CN[C@H]1CC2(CCC2)Oc2ncc(CC(C)(C)C)cc21.CC(=O)N[C@@H](Cc1ccc(F)c(Br)c1)[C@H](O)CN[C@H]1CC2(CCC2)Oc2ncc(CC(C)(C)C)cc21.OB(O)c1ccco1. The van der Waals surface area contributed by atoms with Gasteiger partial charge in [0.2, 0.25) is 23.6 Å². The second kappa shape index (κ2) is 27.6. The molecule has 0 radical (unpaired) electrons. The molecule has 6 atom stereocenters. The Morgan fingerprint density at radius 3 is 1.51 bits per heavy atom. The van der Waals surface area contributed by atoms with Gasteiger partial charge >= 0.3 is 7.12 Å². The first-order valence-corrected chi connectivity index (χ1v) is 29.9. The predicted octanol–water partition coefficient (Wildman–Crippen LogP) is 9.49. The van der Waals surface area contributed by atoms with Gasteiger partial charge in [0.05, 0.1) is 46.9 Å². The minimum Gasteiger partial charge on any atom is -0.473 e. The predicted molar refractivity (Wildman–Crippen MR) is 321 cm³/mol. The Morgan fingerprint density at radius 1 is 0.667 bits per heavy atom. The third-order valence-electron chi connectivity index (χ3n) is 15.8. The molecule has 0 bridgehead atoms. The molecule has 2 fully saturated rings. The average molecular weight is 1220 g/mol. The van der Waals surface area contributed by atoms with Crippen LogP contribution < -0.4 is 36.4 Å². The summed E-state index contributed by atoms with van der Waals surface area (Å²) in [6, 6.07) is 19.3. The molecule has 452 valence electrons. The van der Waals surface area contributed by atoms with Crippen LogP contribution in [0.1, 0.15) is 152 Å². The molecule has 4 aromatic heterocycles. The fourth-order valence-corrected chi connectivity index (χ4v) is 12.0. The number of halogens is 3. The first-order chi connectivity index (χ1) is 39.7. The largest absolute Gasteiger partial charge is 0.526 e. The summed E-state index contributed by atoms with van der Waals surface area (Å²) in [6.45, 7) is 16.7. The Morgan fingerprint density at radius 2 is 1.13 bits per heavy atom. The lowest BCUT2D eigenvalue weighted by Crippen LogP contribution is -2.52. The molecule has 16 nitrogen and oxygen atoms in total. The van der Waals surface area contributed by atoms with Crippen molar-refractivity contribution in [2.24, 2.45) is 10.8 Å². The summed E-state index contributed by atoms with van der Waals surface area (Å²) in [6.07, 6.45) is 15.4. The molecular weight excluding hydrogens is 1140 g/mol. The zero-order chi connectivity index (χ0) is 60.6. The Balaban J connectivity index is 0.000000194. The van der Waals surface area contributed by atoms with Crippen molar-refractivity contribution in [3.05, 3.63) is 147 Å². The molecule has 0 unspecified atom stereocenters. The molecule has 2 spiro atoms. The number of aromatic nitrogens is 2. The Kier molecular flexibility index (Phi) is 21.0. The van der Waals surface area contributed by atoms with Gasteiger partial charge in [-0.1, -0.05) is 53.7 Å². The van der Waals surface area contributed by atoms with Crippen molar-refractivity contribution >= 4 is 40.5 Å². The van der Waals surface area contributed by atoms with Gasteiger partial charge < -0.3 is 59.8 Å². The van der Waals surface area contributed by atoms with Gasteiger partial charge in [-0.3, -0.25) is 9.59 Å². The first-order valence-electron chi connectivity index (χ1n) is 29.1. The molecule has 0 saturated heterocycles. The monoisotopic (exact) mass is 1220 g/mol. The molecule has 2 aliphatic carbocycles. The van der Waals surface area contributed by atoms with Crippen LogP contribution in [0.3, 0.4) is 0 Å². The lowest BCUT2D eigenvalue weighted by Gasteiger charge is -2.47. The Bertz CT molecular complexity index is 3150. The number of furan rings is 2. The number of hydrogen-bond acceptors (Lipinski definition) is 14. The first kappa shape index (κ1) is 64.0. The van der Waals surface area contributed by atoms with E-state index < -0.39 is 31.4 Å². The number of fused-ring (bicyclic) bond motifs is 2. The van der Waals surface area contributed by atoms with Crippen LogP contribution in [0.25, 0.3) is 11.3 Å². The smallest absolute Gasteiger partial charge is 0.473 e. The van der Waals surface area contributed by atoms with E-state index in [1.807, 2.05) is 12.4 Å². The third kappa shape index (κ3) is 17.6. The minimum absolute atomic E-state index is 0.00550. The van der Waals surface area contributed by atoms with Crippen molar-refractivity contribution in [2.75, 3.05) is 13.1 Å². The summed E-state index contributed by atoms with van der Waals surface area (Å²) in [5.41, 5.74) is 6.37. The van der Waals surface area contributed by atoms with E-state index >= 15 is 0 Å². The summed E-state index contributed by atoms with van der Waals surface area (Å²) >= 11 is 3.21. The summed E-state index contributed by atoms with van der Waals surface area (Å²) < 4.78 is 51.3. The van der Waals surface area contributed by atoms with Crippen LogP contribution in [0.15, 0.2) is 111 Å². The lowest BCUT2D eigenvalue weighted by atomic mass is 9.73. The van der Waals surface area contributed by atoms with Gasteiger partial charge in [0.1, 0.15) is 34.3 Å². The number of aliphatic hydroxyl groups is 2. The van der Waals surface area contributed by atoms with Crippen molar-refractivity contribution < 1.29 is 56.9 Å². The molecule has 2 aromatic carbocycles. The van der Waals surface area contributed by atoms with Gasteiger partial charge in [-0.15, -0.1) is 0 Å². The fourth-order valence-electron chi connectivity index (χ4n) is 11.5. The highest BCUT2D eigenvalue weighted by molar-refractivity contribution is 9.10. The van der Waals surface area contributed by atoms with Gasteiger partial charge in [0.25, 0.3) is 0 Å². The molecular formula is C64H82BBrF2N6O10. The van der Waals surface area contributed by atoms with Crippen molar-refractivity contribution in [2.45, 2.75) is 180 Å². The number of carbonyl (C=O) groups excluding carboxylic acids is 2. The molecule has 6 aromatic rings. The number of aliphatic hydroxyl groups excluding tert-OH is 2. The van der Waals surface area contributed by atoms with Crippen molar-refractivity contribution in [3.8, 4) is 23.1 Å². The van der Waals surface area contributed by atoms with E-state index in [1.54, 1.807) is 42.5 Å². The van der Waals surface area contributed by atoms with Crippen molar-refractivity contribution in [1.29, 1.82) is 0 Å². The van der Waals surface area contributed by atoms with Crippen LogP contribution in [0.5, 0.6) is 11.8 Å². The van der Waals surface area contributed by atoms with E-state index in [0.717, 1.165) is 92.0 Å². The number of rotatable bonds is 18. The molecule has 2 amide bonds. The van der Waals surface area contributed by atoms with Gasteiger partial charge in [-0.25, -0.2) is 18.7 Å². The van der Waals surface area contributed by atoms with E-state index in [4.69, 9.17) is 28.9 Å². The molecule has 10 rings (SSSR count). The van der Waals surface area contributed by atoms with Gasteiger partial charge in [0.15, 0.2) is 0 Å². The number of carbonyl (C=O) groups is 2. The minimum atomic E-state index is -1.48. The third-order valence-corrected chi connectivity index (χ3v) is 16.4. The normalized spacial score (nSPS) is 18.7. The van der Waals surface area contributed by atoms with Crippen molar-refractivity contribution in [1.82, 2.24) is 31.2 Å². The van der Waals surface area contributed by atoms with Gasteiger partial charge in [0, 0.05) is 75.4 Å². The van der Waals surface area contributed by atoms with Crippen LogP contribution >= 0.6 is 15.9 Å². The lowest BCUT2D eigenvalue weighted by molar-refractivity contribution is -0.121. The molecule has 84 heavy (non-hydrogen) atoms. The quantitative estimate of drug-likeness (QED) is 0.0375. The van der Waals surface area contributed by atoms with Crippen LogP contribution in [0, 0.1) is 22.5 Å². The van der Waals surface area contributed by atoms with E-state index in [9.17, 15) is 28.6 Å². The topological polar surface area (TPSA) is 234 Å². The molecule has 6 heterocycles. The van der Waals surface area contributed by atoms with Crippen LogP contribution in [-0.4, -0.2) is 97.7 Å². The van der Waals surface area contributed by atoms with Crippen LogP contribution in [0.4, 0.5) is 8.78 Å². The fraction of sp³-hybridized carbons (Fsp3) is 0.500. The second-order valence-corrected chi connectivity index (χ2v) is 26.5. The maximum Gasteiger partial charge on any atom is 0.526 e. The van der Waals surface area contributed by atoms with E-state index in [1.165, 1.54) is 50.1 Å². The Hall–Kier alpha value is -6.00. The zero-order valence-corrected chi connectivity index (χ0v) is 51.0. The van der Waals surface area contributed by atoms with E-state index in [0.29, 0.717) is 40.4 Å². The highest BCUT2D eigenvalue weighted by atomic mass is 79.9. The second-order valence-electron chi connectivity index (χ2n) is 25.6. The Labute approximate surface area is 500 Å². The number of nitrogens with zero attached hydrogens (tertiary/aromatic N) is 2. The summed E-state index contributed by atoms with van der Waals surface area (Å²) in [5.74, 6) is 0.588. The van der Waals surface area contributed by atoms with Gasteiger partial charge in [-0.05, 0) is 174 Å². The van der Waals surface area contributed by atoms with E-state index in [-0.39, 0.29) is 76.3 Å². The zero-order valence-electron chi connectivity index (χ0n) is 49.4. The summed E-state index contributed by atoms with van der Waals surface area (Å²) in [4.78, 5) is 33.3. The van der Waals surface area contributed by atoms with Gasteiger partial charge in [-0.2, -0.15) is 0 Å². The number of hydrogen-bond donors (Lipinski definition) is 8. The van der Waals surface area contributed by atoms with E-state index in [2.05, 4.69) is 100 Å². The summed E-state index contributed by atoms with van der Waals surface area (Å²) in [7, 11) is -1.48. The molecule has 4 aliphatic rings. The standard InChI is InChI=1S/C32H40FN3O4.C28H37BrFN3O3.C4H5BO3/c1-20(37)36-26(15-21-8-9-25(33)23(13-21)29-7-5-12-39-29)28(38)19-34-27-17-32(10-6-11-32)40-30-24(27)14-22(18-35-30)16-31(2,3)4;1-17(34)33-23(12-18-6-7-22(30)21(29)11-18)25(35)16-31-24-14-28(8-5-9-28)36-26-20(24)10-19(15-32-26)13-27(2,3)4;6-5(7)4-2-1-3-8-4/h5,7-9,12-14,18,26-28,34,38H,6,10-11,15-17,19H2,1-4H3,(H,36,37);6-7,10-11,15,23-25,31,35H,5,8-9,12-14,16H2,1-4H3,(H,33,34);1-3,6-7H/t26-,27-,28+;23-,24-,25+;/m00./s1. The van der Waals surface area contributed by atoms with Crippen LogP contribution in [-0.2, 0) is 35.3 Å². The van der Waals surface area contributed by atoms with Crippen molar-refractivity contribution in [3.63, 3.8) is 0 Å². The summed E-state index contributed by atoms with van der Waals surface area (Å²) in [5, 5.41) is 52.1. The average Bonchev–Trinajstić information content (AvgIpc) is 1.59. The number of nitrogens with one attached hydrogen (secondary N) is 4. The highest BCUT2D eigenvalue weighted by Crippen LogP contribution is 2.50. The number of benzene rings is 2. The molecule has 20 heteroatoms. The van der Waals surface area contributed by atoms with Crippen LogP contribution in [0.2, 0.25) is 0 Å². The number of pyridine rings is 2. The number of ether oxygens (including phenoxy) is 2. The molecule has 2 aliphatic heterocycles. The maximum atomic E-state index is 14.5. The number of amides is 2. The molecule has 8 N–H and O–H groups in total. The maximum absolute atomic E-state index is 14.5. The highest BCUT2D eigenvalue weighted by Gasteiger charge is 2.48.